The van der Waals surface area contributed by atoms with Gasteiger partial charge in [-0.1, -0.05) is 0 Å². The topological polar surface area (TPSA) is 70.7 Å². The standard InChI is InChI=1S/C11H17N3O3S/c1-5-17-9(15)8-6(2)14-11(4,7(3)18-8)12-10(16)13-14/h7H,5H2,1-4H3,(H2,12,13,16). The van der Waals surface area contributed by atoms with Crippen LogP contribution in [0.15, 0.2) is 10.6 Å². The molecule has 2 atom stereocenters. The molecule has 2 aliphatic rings. The number of rotatable bonds is 2. The molecule has 1 saturated heterocycles. The second-order valence-electron chi connectivity index (χ2n) is 4.44. The van der Waals surface area contributed by atoms with Crippen molar-refractivity contribution in [3.8, 4) is 0 Å². The third-order valence-corrected chi connectivity index (χ3v) is 4.77. The lowest BCUT2D eigenvalue weighted by atomic mass is 10.1. The molecule has 0 aromatic rings. The molecular weight excluding hydrogens is 254 g/mol. The van der Waals surface area contributed by atoms with E-state index in [4.69, 9.17) is 4.74 Å². The molecule has 0 spiro atoms. The highest BCUT2D eigenvalue weighted by atomic mass is 32.2. The fourth-order valence-corrected chi connectivity index (χ4v) is 3.28. The minimum Gasteiger partial charge on any atom is -0.462 e. The zero-order chi connectivity index (χ0) is 13.5. The molecular formula is C11H17N3O3S. The maximum Gasteiger partial charge on any atom is 0.346 e. The summed E-state index contributed by atoms with van der Waals surface area (Å²) in [6.07, 6.45) is 0. The number of hydrogen-bond donors (Lipinski definition) is 2. The zero-order valence-electron chi connectivity index (χ0n) is 10.9. The van der Waals surface area contributed by atoms with Crippen molar-refractivity contribution in [3.05, 3.63) is 10.6 Å². The average Bonchev–Trinajstić information content (AvgIpc) is 2.61. The summed E-state index contributed by atoms with van der Waals surface area (Å²) in [6, 6.07) is -0.255. The first-order chi connectivity index (χ1) is 8.40. The van der Waals surface area contributed by atoms with Crippen molar-refractivity contribution in [3.63, 3.8) is 0 Å². The van der Waals surface area contributed by atoms with Crippen LogP contribution in [0, 0.1) is 0 Å². The SMILES string of the molecule is CCOC(=O)C1=C(C)N2NC(=O)NC2(C)C(C)S1. The van der Waals surface area contributed by atoms with Gasteiger partial charge in [-0.3, -0.25) is 5.01 Å². The van der Waals surface area contributed by atoms with E-state index >= 15 is 0 Å². The predicted octanol–water partition coefficient (Wildman–Crippen LogP) is 1.16. The molecule has 18 heavy (non-hydrogen) atoms. The molecule has 0 saturated carbocycles. The molecule has 2 unspecified atom stereocenters. The Hall–Kier alpha value is -1.37. The fourth-order valence-electron chi connectivity index (χ4n) is 2.12. The van der Waals surface area contributed by atoms with Gasteiger partial charge in [-0.05, 0) is 27.7 Å². The number of carbonyl (C=O) groups excluding carboxylic acids is 2. The number of ether oxygens (including phenoxy) is 1. The summed E-state index contributed by atoms with van der Waals surface area (Å²) < 4.78 is 5.03. The zero-order valence-corrected chi connectivity index (χ0v) is 11.7. The molecule has 0 radical (unpaired) electrons. The van der Waals surface area contributed by atoms with Crippen LogP contribution in [0.4, 0.5) is 4.79 Å². The smallest absolute Gasteiger partial charge is 0.346 e. The quantitative estimate of drug-likeness (QED) is 0.738. The molecule has 2 rings (SSSR count). The molecule has 0 aromatic heterocycles. The van der Waals surface area contributed by atoms with Gasteiger partial charge < -0.3 is 10.1 Å². The van der Waals surface area contributed by atoms with Crippen LogP contribution in [0.25, 0.3) is 0 Å². The fraction of sp³-hybridized carbons (Fsp3) is 0.636. The molecule has 2 aliphatic heterocycles. The number of nitrogens with one attached hydrogen (secondary N) is 2. The number of fused-ring (bicyclic) bond motifs is 1. The molecule has 100 valence electrons. The van der Waals surface area contributed by atoms with Gasteiger partial charge in [0.1, 0.15) is 10.6 Å². The lowest BCUT2D eigenvalue weighted by molar-refractivity contribution is -0.137. The Bertz CT molecular complexity index is 437. The molecule has 1 fully saturated rings. The van der Waals surface area contributed by atoms with Crippen molar-refractivity contribution in [2.75, 3.05) is 6.61 Å². The summed E-state index contributed by atoms with van der Waals surface area (Å²) in [7, 11) is 0. The Morgan fingerprint density at radius 2 is 2.28 bits per heavy atom. The Balaban J connectivity index is 2.37. The Kier molecular flexibility index (Phi) is 3.18. The lowest BCUT2D eigenvalue weighted by Crippen LogP contribution is -2.58. The van der Waals surface area contributed by atoms with Gasteiger partial charge in [-0.25, -0.2) is 15.0 Å². The predicted molar refractivity (Wildman–Crippen MR) is 68.3 cm³/mol. The molecule has 2 N–H and O–H groups in total. The van der Waals surface area contributed by atoms with Gasteiger partial charge in [0, 0.05) is 0 Å². The van der Waals surface area contributed by atoms with E-state index in [1.54, 1.807) is 18.9 Å². The molecule has 0 aromatic carbocycles. The van der Waals surface area contributed by atoms with Gasteiger partial charge in [-0.2, -0.15) is 0 Å². The van der Waals surface area contributed by atoms with Crippen LogP contribution in [0.5, 0.6) is 0 Å². The van der Waals surface area contributed by atoms with Crippen molar-refractivity contribution >= 4 is 23.8 Å². The van der Waals surface area contributed by atoms with Crippen LogP contribution in [-0.4, -0.2) is 34.5 Å². The van der Waals surface area contributed by atoms with Crippen molar-refractivity contribution in [2.24, 2.45) is 0 Å². The molecule has 0 bridgehead atoms. The summed E-state index contributed by atoms with van der Waals surface area (Å²) >= 11 is 1.43. The minimum absolute atomic E-state index is 0.0274. The Morgan fingerprint density at radius 1 is 1.61 bits per heavy atom. The van der Waals surface area contributed by atoms with E-state index in [9.17, 15) is 9.59 Å². The highest BCUT2D eigenvalue weighted by Crippen LogP contribution is 2.42. The first kappa shape index (κ1) is 13.1. The number of esters is 1. The highest BCUT2D eigenvalue weighted by Gasteiger charge is 2.50. The van der Waals surface area contributed by atoms with Crippen LogP contribution in [0.1, 0.15) is 27.7 Å². The number of hydrogen-bond acceptors (Lipinski definition) is 5. The number of amides is 2. The number of hydrazine groups is 1. The van der Waals surface area contributed by atoms with Gasteiger partial charge in [0.05, 0.1) is 17.6 Å². The van der Waals surface area contributed by atoms with E-state index in [-0.39, 0.29) is 17.3 Å². The van der Waals surface area contributed by atoms with Crippen molar-refractivity contribution in [1.82, 2.24) is 15.8 Å². The second kappa shape index (κ2) is 4.38. The van der Waals surface area contributed by atoms with Gasteiger partial charge in [0.25, 0.3) is 0 Å². The van der Waals surface area contributed by atoms with E-state index in [1.165, 1.54) is 11.8 Å². The van der Waals surface area contributed by atoms with Gasteiger partial charge >= 0.3 is 12.0 Å². The molecule has 0 aliphatic carbocycles. The van der Waals surface area contributed by atoms with Gasteiger partial charge in [-0.15, -0.1) is 11.8 Å². The summed E-state index contributed by atoms with van der Waals surface area (Å²) in [5.74, 6) is -0.338. The van der Waals surface area contributed by atoms with Crippen LogP contribution < -0.4 is 10.7 Å². The first-order valence-corrected chi connectivity index (χ1v) is 6.71. The number of allylic oxidation sites excluding steroid dienone is 1. The monoisotopic (exact) mass is 271 g/mol. The summed E-state index contributed by atoms with van der Waals surface area (Å²) in [5, 5.41) is 4.61. The third-order valence-electron chi connectivity index (χ3n) is 3.26. The van der Waals surface area contributed by atoms with Gasteiger partial charge in [0.2, 0.25) is 0 Å². The van der Waals surface area contributed by atoms with Crippen molar-refractivity contribution in [1.29, 1.82) is 0 Å². The van der Waals surface area contributed by atoms with Crippen molar-refractivity contribution in [2.45, 2.75) is 38.6 Å². The minimum atomic E-state index is -0.526. The number of thioether (sulfide) groups is 1. The lowest BCUT2D eigenvalue weighted by Gasteiger charge is -2.43. The molecule has 7 heteroatoms. The van der Waals surface area contributed by atoms with E-state index in [1.807, 2.05) is 13.8 Å². The maximum atomic E-state index is 11.9. The summed E-state index contributed by atoms with van der Waals surface area (Å²) in [4.78, 5) is 23.9. The Labute approximate surface area is 110 Å². The molecule has 2 amide bonds. The van der Waals surface area contributed by atoms with Crippen molar-refractivity contribution < 1.29 is 14.3 Å². The summed E-state index contributed by atoms with van der Waals surface area (Å²) in [5.41, 5.74) is 2.89. The van der Waals surface area contributed by atoms with Crippen LogP contribution in [-0.2, 0) is 9.53 Å². The average molecular weight is 271 g/mol. The van der Waals surface area contributed by atoms with E-state index in [0.29, 0.717) is 17.2 Å². The van der Waals surface area contributed by atoms with Crippen LogP contribution >= 0.6 is 11.8 Å². The largest absolute Gasteiger partial charge is 0.462 e. The second-order valence-corrected chi connectivity index (χ2v) is 5.80. The first-order valence-electron chi connectivity index (χ1n) is 5.83. The van der Waals surface area contributed by atoms with E-state index in [2.05, 4.69) is 10.7 Å². The van der Waals surface area contributed by atoms with Crippen LogP contribution in [0.3, 0.4) is 0 Å². The number of urea groups is 1. The molecule has 2 heterocycles. The van der Waals surface area contributed by atoms with Gasteiger partial charge in [0.15, 0.2) is 0 Å². The molecule has 6 nitrogen and oxygen atoms in total. The maximum absolute atomic E-state index is 11.9. The van der Waals surface area contributed by atoms with E-state index in [0.717, 1.165) is 0 Å². The number of nitrogens with zero attached hydrogens (tertiary/aromatic N) is 1. The number of carbonyl (C=O) groups is 2. The highest BCUT2D eigenvalue weighted by molar-refractivity contribution is 8.04. The normalized spacial score (nSPS) is 30.8. The van der Waals surface area contributed by atoms with Crippen LogP contribution in [0.2, 0.25) is 0 Å². The third kappa shape index (κ3) is 1.82. The Morgan fingerprint density at radius 3 is 2.89 bits per heavy atom. The summed E-state index contributed by atoms with van der Waals surface area (Å²) in [6.45, 7) is 7.81. The van der Waals surface area contributed by atoms with E-state index < -0.39 is 5.66 Å².